The normalized spacial score (nSPS) is 7.60. The van der Waals surface area contributed by atoms with Gasteiger partial charge in [0.15, 0.2) is 0 Å². The van der Waals surface area contributed by atoms with Crippen molar-refractivity contribution >= 4 is 18.2 Å². The van der Waals surface area contributed by atoms with Gasteiger partial charge in [-0.1, -0.05) is 0 Å². The first-order chi connectivity index (χ1) is 4.79. The zero-order valence-corrected chi connectivity index (χ0v) is 5.58. The van der Waals surface area contributed by atoms with Gasteiger partial charge in [0.2, 0.25) is 0 Å². The zero-order valence-electron chi connectivity index (χ0n) is 5.58. The number of nitrogen functional groups attached to an aromatic ring is 2. The largest absolute Gasteiger partial charge is 0.399 e. The fourth-order valence-corrected chi connectivity index (χ4v) is 0.496. The lowest BCUT2D eigenvalue weighted by Crippen LogP contribution is -1.86. The molecule has 0 spiro atoms. The molecule has 1 aromatic carbocycles. The molecule has 0 aliphatic rings. The van der Waals surface area contributed by atoms with Crippen LogP contribution in [-0.2, 0) is 4.79 Å². The highest BCUT2D eigenvalue weighted by Crippen LogP contribution is 2.04. The maximum Gasteiger partial charge on any atom is 0.106 e. The third kappa shape index (κ3) is 2.71. The van der Waals surface area contributed by atoms with Crippen molar-refractivity contribution in [3.8, 4) is 0 Å². The fraction of sp³-hybridized carbons (Fsp3) is 0. The van der Waals surface area contributed by atoms with Crippen LogP contribution in [0.25, 0.3) is 0 Å². The Balaban J connectivity index is 0.000000371. The summed E-state index contributed by atoms with van der Waals surface area (Å²) in [4.78, 5) is 8.00. The number of hydrogen-bond donors (Lipinski definition) is 2. The lowest BCUT2D eigenvalue weighted by atomic mass is 10.3. The lowest BCUT2D eigenvalue weighted by Gasteiger charge is -1.90. The molecule has 10 heavy (non-hydrogen) atoms. The molecule has 1 rings (SSSR count). The van der Waals surface area contributed by atoms with Crippen LogP contribution in [0.4, 0.5) is 11.4 Å². The minimum Gasteiger partial charge on any atom is -0.399 e. The summed E-state index contributed by atoms with van der Waals surface area (Å²) in [5.74, 6) is 0. The highest BCUT2D eigenvalue weighted by molar-refractivity contribution is 5.47. The number of benzene rings is 1. The molecule has 1 aromatic rings. The van der Waals surface area contributed by atoms with Gasteiger partial charge in [-0.25, -0.2) is 0 Å². The molecule has 0 heterocycles. The van der Waals surface area contributed by atoms with Crippen LogP contribution >= 0.6 is 0 Å². The number of rotatable bonds is 0. The Morgan fingerprint density at radius 1 is 0.900 bits per heavy atom. The van der Waals surface area contributed by atoms with Crippen molar-refractivity contribution in [3.05, 3.63) is 24.3 Å². The van der Waals surface area contributed by atoms with Crippen LogP contribution in [0.3, 0.4) is 0 Å². The minimum absolute atomic E-state index is 0.749. The molecule has 0 atom stereocenters. The number of carbonyl (C=O) groups is 1. The predicted molar refractivity (Wildman–Crippen MR) is 42.4 cm³/mol. The van der Waals surface area contributed by atoms with Crippen molar-refractivity contribution in [1.82, 2.24) is 0 Å². The van der Waals surface area contributed by atoms with E-state index in [2.05, 4.69) is 0 Å². The maximum atomic E-state index is 8.00. The molecule has 4 N–H and O–H groups in total. The van der Waals surface area contributed by atoms with E-state index in [4.69, 9.17) is 16.3 Å². The highest BCUT2D eigenvalue weighted by atomic mass is 16.1. The molecule has 0 unspecified atom stereocenters. The van der Waals surface area contributed by atoms with E-state index >= 15 is 0 Å². The van der Waals surface area contributed by atoms with Gasteiger partial charge in [-0.2, -0.15) is 0 Å². The summed E-state index contributed by atoms with van der Waals surface area (Å²) in [7, 11) is 0. The standard InChI is InChI=1S/C6H8N2.CH2O/c7-5-1-2-6(8)4-3-5;1-2/h1-4H,7-8H2;1H2. The average molecular weight is 138 g/mol. The number of carbonyl (C=O) groups excluding carboxylic acids is 1. The molecule has 0 bridgehead atoms. The van der Waals surface area contributed by atoms with Crippen molar-refractivity contribution in [2.45, 2.75) is 0 Å². The SMILES string of the molecule is C=O.Nc1ccc(N)cc1. The quantitative estimate of drug-likeness (QED) is 0.517. The van der Waals surface area contributed by atoms with Crippen LogP contribution in [0.15, 0.2) is 24.3 Å². The van der Waals surface area contributed by atoms with Gasteiger partial charge in [0.05, 0.1) is 0 Å². The molecule has 0 aliphatic heterocycles. The number of hydrogen-bond acceptors (Lipinski definition) is 3. The molecule has 54 valence electrons. The highest BCUT2D eigenvalue weighted by Gasteiger charge is 1.80. The molecule has 0 amide bonds. The van der Waals surface area contributed by atoms with E-state index in [1.165, 1.54) is 0 Å². The van der Waals surface area contributed by atoms with Crippen LogP contribution < -0.4 is 11.5 Å². The van der Waals surface area contributed by atoms with E-state index in [0.29, 0.717) is 0 Å². The zero-order chi connectivity index (χ0) is 7.98. The van der Waals surface area contributed by atoms with Crippen molar-refractivity contribution in [1.29, 1.82) is 0 Å². The first kappa shape index (κ1) is 8.49. The summed E-state index contributed by atoms with van der Waals surface area (Å²) in [6.45, 7) is 2.00. The number of nitrogens with two attached hydrogens (primary N) is 2. The molecule has 0 saturated heterocycles. The molecule has 3 heteroatoms. The van der Waals surface area contributed by atoms with Gasteiger partial charge in [0.1, 0.15) is 6.79 Å². The summed E-state index contributed by atoms with van der Waals surface area (Å²) < 4.78 is 0. The monoisotopic (exact) mass is 138 g/mol. The predicted octanol–water partition coefficient (Wildman–Crippen LogP) is 0.666. The van der Waals surface area contributed by atoms with Crippen LogP contribution in [-0.4, -0.2) is 6.79 Å². The van der Waals surface area contributed by atoms with Gasteiger partial charge >= 0.3 is 0 Å². The Kier molecular flexibility index (Phi) is 3.72. The minimum atomic E-state index is 0.749. The molecule has 0 aromatic heterocycles. The summed E-state index contributed by atoms with van der Waals surface area (Å²) in [5.41, 5.74) is 12.2. The van der Waals surface area contributed by atoms with Gasteiger partial charge < -0.3 is 16.3 Å². The Bertz CT molecular complexity index is 162. The van der Waals surface area contributed by atoms with Gasteiger partial charge in [-0.05, 0) is 24.3 Å². The maximum absolute atomic E-state index is 8.00. The fourth-order valence-electron chi connectivity index (χ4n) is 0.496. The summed E-state index contributed by atoms with van der Waals surface area (Å²) >= 11 is 0. The Labute approximate surface area is 59.6 Å². The summed E-state index contributed by atoms with van der Waals surface area (Å²) in [5, 5.41) is 0. The molecule has 0 aliphatic carbocycles. The topological polar surface area (TPSA) is 69.1 Å². The van der Waals surface area contributed by atoms with E-state index in [9.17, 15) is 0 Å². The van der Waals surface area contributed by atoms with E-state index < -0.39 is 0 Å². The van der Waals surface area contributed by atoms with Crippen molar-refractivity contribution in [3.63, 3.8) is 0 Å². The second-order valence-electron chi connectivity index (χ2n) is 1.67. The Morgan fingerprint density at radius 3 is 1.30 bits per heavy atom. The molecule has 0 radical (unpaired) electrons. The first-order valence-corrected chi connectivity index (χ1v) is 2.69. The molecule has 3 nitrogen and oxygen atoms in total. The van der Waals surface area contributed by atoms with E-state index in [1.54, 1.807) is 24.3 Å². The molecule has 0 fully saturated rings. The lowest BCUT2D eigenvalue weighted by molar-refractivity contribution is -0.0979. The summed E-state index contributed by atoms with van der Waals surface area (Å²) in [6, 6.07) is 7.09. The molecular weight excluding hydrogens is 128 g/mol. The second kappa shape index (κ2) is 4.38. The Morgan fingerprint density at radius 2 is 1.10 bits per heavy atom. The third-order valence-electron chi connectivity index (χ3n) is 0.936. The van der Waals surface area contributed by atoms with Crippen LogP contribution in [0.5, 0.6) is 0 Å². The number of anilines is 2. The van der Waals surface area contributed by atoms with Gasteiger partial charge in [-0.3, -0.25) is 0 Å². The van der Waals surface area contributed by atoms with E-state index in [0.717, 1.165) is 11.4 Å². The molecular formula is C7H10N2O. The van der Waals surface area contributed by atoms with Crippen molar-refractivity contribution in [2.75, 3.05) is 11.5 Å². The van der Waals surface area contributed by atoms with Gasteiger partial charge in [0, 0.05) is 11.4 Å². The second-order valence-corrected chi connectivity index (χ2v) is 1.67. The Hall–Kier alpha value is -1.51. The summed E-state index contributed by atoms with van der Waals surface area (Å²) in [6.07, 6.45) is 0. The van der Waals surface area contributed by atoms with E-state index in [1.807, 2.05) is 6.79 Å². The first-order valence-electron chi connectivity index (χ1n) is 2.69. The third-order valence-corrected chi connectivity index (χ3v) is 0.936. The smallest absolute Gasteiger partial charge is 0.106 e. The molecule has 0 saturated carbocycles. The van der Waals surface area contributed by atoms with Crippen LogP contribution in [0, 0.1) is 0 Å². The van der Waals surface area contributed by atoms with Gasteiger partial charge in [0.25, 0.3) is 0 Å². The van der Waals surface area contributed by atoms with Gasteiger partial charge in [-0.15, -0.1) is 0 Å². The van der Waals surface area contributed by atoms with Crippen LogP contribution in [0.1, 0.15) is 0 Å². The van der Waals surface area contributed by atoms with Crippen molar-refractivity contribution < 1.29 is 4.79 Å². The average Bonchev–Trinajstić information content (AvgIpc) is 2.00. The van der Waals surface area contributed by atoms with Crippen molar-refractivity contribution in [2.24, 2.45) is 0 Å². The van der Waals surface area contributed by atoms with Crippen LogP contribution in [0.2, 0.25) is 0 Å². The van der Waals surface area contributed by atoms with E-state index in [-0.39, 0.29) is 0 Å².